The molecule has 0 aliphatic carbocycles. The average Bonchev–Trinajstić information content (AvgIpc) is 2.59. The number of carbonyl (C=O) groups is 2. The topological polar surface area (TPSA) is 66.8 Å². The lowest BCUT2D eigenvalue weighted by atomic mass is 9.98. The van der Waals surface area contributed by atoms with Crippen molar-refractivity contribution in [3.63, 3.8) is 0 Å². The van der Waals surface area contributed by atoms with Crippen LogP contribution in [0.5, 0.6) is 0 Å². The van der Waals surface area contributed by atoms with Crippen LogP contribution in [0.2, 0.25) is 0 Å². The van der Waals surface area contributed by atoms with Crippen molar-refractivity contribution in [1.29, 1.82) is 0 Å². The molecule has 22 heavy (non-hydrogen) atoms. The second kappa shape index (κ2) is 7.49. The van der Waals surface area contributed by atoms with Crippen LogP contribution in [0, 0.1) is 0 Å². The summed E-state index contributed by atoms with van der Waals surface area (Å²) in [5, 5.41) is 10.0. The Balaban J connectivity index is 2.39. The second-order valence-electron chi connectivity index (χ2n) is 4.55. The molecule has 0 aliphatic rings. The Hall–Kier alpha value is -2.50. The third-order valence-electron chi connectivity index (χ3n) is 3.19. The highest BCUT2D eigenvalue weighted by atomic mass is 16.7. The monoisotopic (exact) mass is 299 g/mol. The van der Waals surface area contributed by atoms with Gasteiger partial charge in [-0.3, -0.25) is 14.4 Å². The highest BCUT2D eigenvalue weighted by Gasteiger charge is 2.22. The molecule has 5 nitrogen and oxygen atoms in total. The fourth-order valence-corrected chi connectivity index (χ4v) is 2.11. The molecule has 5 heteroatoms. The number of benzene rings is 2. The van der Waals surface area contributed by atoms with Crippen molar-refractivity contribution in [2.75, 3.05) is 20.3 Å². The molecule has 0 spiro atoms. The van der Waals surface area contributed by atoms with Crippen LogP contribution in [0.15, 0.2) is 54.6 Å². The number of carbonyl (C=O) groups excluding carboxylic acids is 2. The summed E-state index contributed by atoms with van der Waals surface area (Å²) >= 11 is 0. The maximum absolute atomic E-state index is 12.6. The Morgan fingerprint density at radius 3 is 2.18 bits per heavy atom. The van der Waals surface area contributed by atoms with Gasteiger partial charge in [0.1, 0.15) is 0 Å². The number of rotatable bonds is 6. The number of hydroxylamine groups is 2. The maximum atomic E-state index is 12.6. The first-order chi connectivity index (χ1) is 10.7. The fraction of sp³-hybridized carbons (Fsp3) is 0.176. The number of amides is 1. The van der Waals surface area contributed by atoms with Gasteiger partial charge in [0.05, 0.1) is 25.8 Å². The zero-order chi connectivity index (χ0) is 15.9. The molecule has 0 saturated carbocycles. The summed E-state index contributed by atoms with van der Waals surface area (Å²) in [5.74, 6) is -0.693. The highest BCUT2D eigenvalue weighted by Crippen LogP contribution is 2.16. The van der Waals surface area contributed by atoms with E-state index in [1.54, 1.807) is 48.5 Å². The van der Waals surface area contributed by atoms with Crippen LogP contribution in [-0.2, 0) is 4.84 Å². The van der Waals surface area contributed by atoms with Crippen LogP contribution in [0.3, 0.4) is 0 Å². The molecule has 0 aliphatic heterocycles. The van der Waals surface area contributed by atoms with Crippen LogP contribution in [0.4, 0.5) is 0 Å². The molecule has 0 saturated heterocycles. The van der Waals surface area contributed by atoms with Crippen molar-refractivity contribution < 1.29 is 19.5 Å². The Kier molecular flexibility index (Phi) is 5.41. The van der Waals surface area contributed by atoms with Gasteiger partial charge < -0.3 is 5.11 Å². The van der Waals surface area contributed by atoms with Gasteiger partial charge >= 0.3 is 0 Å². The summed E-state index contributed by atoms with van der Waals surface area (Å²) in [6.07, 6.45) is 0. The number of aliphatic hydroxyl groups excluding tert-OH is 1. The Morgan fingerprint density at radius 2 is 1.59 bits per heavy atom. The van der Waals surface area contributed by atoms with Gasteiger partial charge in [0.15, 0.2) is 5.78 Å². The maximum Gasteiger partial charge on any atom is 0.278 e. The van der Waals surface area contributed by atoms with E-state index in [2.05, 4.69) is 0 Å². The van der Waals surface area contributed by atoms with Gasteiger partial charge in [0.25, 0.3) is 5.91 Å². The molecular formula is C17H17NO4. The molecule has 1 N–H and O–H groups in total. The molecule has 2 aromatic carbocycles. The highest BCUT2D eigenvalue weighted by molar-refractivity contribution is 6.15. The van der Waals surface area contributed by atoms with Gasteiger partial charge in [0.2, 0.25) is 0 Å². The Labute approximate surface area is 128 Å². The summed E-state index contributed by atoms with van der Waals surface area (Å²) < 4.78 is 0. The molecule has 2 aromatic rings. The van der Waals surface area contributed by atoms with Gasteiger partial charge in [-0.1, -0.05) is 48.5 Å². The first-order valence-electron chi connectivity index (χ1n) is 6.84. The predicted molar refractivity (Wildman–Crippen MR) is 81.4 cm³/mol. The van der Waals surface area contributed by atoms with E-state index < -0.39 is 5.91 Å². The molecule has 0 radical (unpaired) electrons. The number of aliphatic hydroxyl groups is 1. The summed E-state index contributed by atoms with van der Waals surface area (Å²) in [7, 11) is 1.34. The molecule has 2 rings (SSSR count). The summed E-state index contributed by atoms with van der Waals surface area (Å²) in [4.78, 5) is 30.0. The third kappa shape index (κ3) is 3.39. The SMILES string of the molecule is CON(CCO)C(=O)c1ccccc1C(=O)c1ccccc1. The van der Waals surface area contributed by atoms with Crippen LogP contribution >= 0.6 is 0 Å². The largest absolute Gasteiger partial charge is 0.394 e. The van der Waals surface area contributed by atoms with Gasteiger partial charge in [-0.05, 0) is 6.07 Å². The van der Waals surface area contributed by atoms with Crippen LogP contribution < -0.4 is 0 Å². The fourth-order valence-electron chi connectivity index (χ4n) is 2.11. The molecule has 114 valence electrons. The Bertz CT molecular complexity index is 655. The van der Waals surface area contributed by atoms with Crippen LogP contribution in [-0.4, -0.2) is 42.1 Å². The number of nitrogens with zero attached hydrogens (tertiary/aromatic N) is 1. The molecule has 0 bridgehead atoms. The van der Waals surface area contributed by atoms with Crippen molar-refractivity contribution >= 4 is 11.7 Å². The molecular weight excluding hydrogens is 282 g/mol. The van der Waals surface area contributed by atoms with Gasteiger partial charge in [-0.15, -0.1) is 0 Å². The van der Waals surface area contributed by atoms with E-state index in [0.717, 1.165) is 5.06 Å². The lowest BCUT2D eigenvalue weighted by molar-refractivity contribution is -0.101. The summed E-state index contributed by atoms with van der Waals surface area (Å²) in [5.41, 5.74) is 1.05. The van der Waals surface area contributed by atoms with E-state index >= 15 is 0 Å². The quantitative estimate of drug-likeness (QED) is 0.653. The number of hydrogen-bond acceptors (Lipinski definition) is 4. The average molecular weight is 299 g/mol. The van der Waals surface area contributed by atoms with E-state index in [1.165, 1.54) is 7.11 Å². The molecule has 0 aromatic heterocycles. The summed E-state index contributed by atoms with van der Waals surface area (Å²) in [6.45, 7) is -0.197. The lowest BCUT2D eigenvalue weighted by Gasteiger charge is -2.19. The van der Waals surface area contributed by atoms with Gasteiger partial charge in [-0.2, -0.15) is 0 Å². The van der Waals surface area contributed by atoms with E-state index in [1.807, 2.05) is 6.07 Å². The van der Waals surface area contributed by atoms with Gasteiger partial charge in [-0.25, -0.2) is 5.06 Å². The molecule has 0 atom stereocenters. The predicted octanol–water partition coefficient (Wildman–Crippen LogP) is 1.91. The molecule has 0 unspecified atom stereocenters. The second-order valence-corrected chi connectivity index (χ2v) is 4.55. The zero-order valence-corrected chi connectivity index (χ0v) is 12.2. The lowest BCUT2D eigenvalue weighted by Crippen LogP contribution is -2.33. The van der Waals surface area contributed by atoms with E-state index in [4.69, 9.17) is 9.94 Å². The first kappa shape index (κ1) is 15.9. The third-order valence-corrected chi connectivity index (χ3v) is 3.19. The minimum absolute atomic E-state index is 0.0309. The normalized spacial score (nSPS) is 10.3. The van der Waals surface area contributed by atoms with Crippen molar-refractivity contribution in [3.05, 3.63) is 71.3 Å². The minimum Gasteiger partial charge on any atom is -0.394 e. The standard InChI is InChI=1S/C17H17NO4/c1-22-18(11-12-19)17(21)15-10-6-5-9-14(15)16(20)13-7-3-2-4-8-13/h2-10,19H,11-12H2,1H3. The van der Waals surface area contributed by atoms with E-state index in [9.17, 15) is 9.59 Å². The van der Waals surface area contributed by atoms with E-state index in [0.29, 0.717) is 11.1 Å². The first-order valence-corrected chi connectivity index (χ1v) is 6.84. The van der Waals surface area contributed by atoms with Crippen molar-refractivity contribution in [1.82, 2.24) is 5.06 Å². The van der Waals surface area contributed by atoms with Crippen molar-refractivity contribution in [2.45, 2.75) is 0 Å². The molecule has 0 fully saturated rings. The molecule has 1 amide bonds. The Morgan fingerprint density at radius 1 is 1.00 bits per heavy atom. The van der Waals surface area contributed by atoms with Crippen LogP contribution in [0.25, 0.3) is 0 Å². The van der Waals surface area contributed by atoms with E-state index in [-0.39, 0.29) is 24.5 Å². The molecule has 0 heterocycles. The van der Waals surface area contributed by atoms with Crippen molar-refractivity contribution in [3.8, 4) is 0 Å². The summed E-state index contributed by atoms with van der Waals surface area (Å²) in [6, 6.07) is 15.3. The van der Waals surface area contributed by atoms with Gasteiger partial charge in [0, 0.05) is 11.1 Å². The number of hydrogen-bond donors (Lipinski definition) is 1. The minimum atomic E-state index is -0.462. The zero-order valence-electron chi connectivity index (χ0n) is 12.2. The van der Waals surface area contributed by atoms with Crippen molar-refractivity contribution in [2.24, 2.45) is 0 Å². The number of ketones is 1. The van der Waals surface area contributed by atoms with Crippen LogP contribution in [0.1, 0.15) is 26.3 Å². The smallest absolute Gasteiger partial charge is 0.278 e.